The maximum absolute atomic E-state index is 6.30. The van der Waals surface area contributed by atoms with Gasteiger partial charge in [0.05, 0.1) is 11.5 Å². The fourth-order valence-electron chi connectivity index (χ4n) is 8.47. The summed E-state index contributed by atoms with van der Waals surface area (Å²) in [4.78, 5) is 0. The average Bonchev–Trinajstić information content (AvgIpc) is 3.69. The van der Waals surface area contributed by atoms with Gasteiger partial charge in [-0.25, -0.2) is 0 Å². The molecule has 0 amide bonds. The molecule has 0 radical (unpaired) electrons. The van der Waals surface area contributed by atoms with Crippen molar-refractivity contribution in [1.29, 1.82) is 0 Å². The predicted molar refractivity (Wildman–Crippen MR) is 177 cm³/mol. The Labute approximate surface area is 249 Å². The van der Waals surface area contributed by atoms with E-state index in [0.717, 1.165) is 22.2 Å². The van der Waals surface area contributed by atoms with Gasteiger partial charge in [0.25, 0.3) is 0 Å². The summed E-state index contributed by atoms with van der Waals surface area (Å²) < 4.78 is 6.30. The van der Waals surface area contributed by atoms with Crippen molar-refractivity contribution in [3.63, 3.8) is 0 Å². The highest BCUT2D eigenvalue weighted by atomic mass is 16.3. The average molecular weight is 550 g/mol. The summed E-state index contributed by atoms with van der Waals surface area (Å²) in [6.07, 6.45) is 6.99. The van der Waals surface area contributed by atoms with Crippen LogP contribution in [-0.2, 0) is 5.41 Å². The van der Waals surface area contributed by atoms with Gasteiger partial charge in [-0.3, -0.25) is 0 Å². The van der Waals surface area contributed by atoms with Crippen molar-refractivity contribution >= 4 is 38.4 Å². The summed E-state index contributed by atoms with van der Waals surface area (Å²) in [7, 11) is 0. The Morgan fingerprint density at radius 2 is 1.30 bits per heavy atom. The molecule has 0 saturated carbocycles. The van der Waals surface area contributed by atoms with Crippen molar-refractivity contribution in [3.8, 4) is 11.1 Å². The van der Waals surface area contributed by atoms with E-state index in [2.05, 4.69) is 151 Å². The molecule has 3 aliphatic carbocycles. The molecule has 43 heavy (non-hydrogen) atoms. The highest BCUT2D eigenvalue weighted by Crippen LogP contribution is 2.65. The summed E-state index contributed by atoms with van der Waals surface area (Å²) in [5, 5.41) is 8.76. The fourth-order valence-corrected chi connectivity index (χ4v) is 8.47. The summed E-state index contributed by atoms with van der Waals surface area (Å²) in [5.41, 5.74) is 12.4. The maximum atomic E-state index is 6.30. The third-order valence-corrected chi connectivity index (χ3v) is 10.1. The van der Waals surface area contributed by atoms with E-state index in [0.29, 0.717) is 0 Å². The monoisotopic (exact) mass is 549 g/mol. The molecule has 1 aromatic heterocycles. The van der Waals surface area contributed by atoms with Crippen molar-refractivity contribution in [1.82, 2.24) is 0 Å². The van der Waals surface area contributed by atoms with Gasteiger partial charge in [-0.15, -0.1) is 0 Å². The molecule has 1 N–H and O–H groups in total. The summed E-state index contributed by atoms with van der Waals surface area (Å²) >= 11 is 0. The third-order valence-electron chi connectivity index (χ3n) is 10.1. The molecule has 2 nitrogen and oxygen atoms in total. The number of benzene rings is 6. The molecule has 1 heterocycles. The van der Waals surface area contributed by atoms with Gasteiger partial charge in [-0.05, 0) is 74.0 Å². The van der Waals surface area contributed by atoms with Gasteiger partial charge in [0.15, 0.2) is 0 Å². The Balaban J connectivity index is 1.14. The van der Waals surface area contributed by atoms with Crippen LogP contribution in [0.5, 0.6) is 0 Å². The molecule has 0 bridgehead atoms. The lowest BCUT2D eigenvalue weighted by Gasteiger charge is -2.35. The first-order valence-electron chi connectivity index (χ1n) is 15.1. The Kier molecular flexibility index (Phi) is 4.52. The van der Waals surface area contributed by atoms with Crippen LogP contribution in [0.15, 0.2) is 156 Å². The largest absolute Gasteiger partial charge is 0.456 e. The van der Waals surface area contributed by atoms with Gasteiger partial charge in [0.1, 0.15) is 11.2 Å². The Hall–Kier alpha value is -5.34. The summed E-state index contributed by atoms with van der Waals surface area (Å²) in [5.74, 6) is 0.207. The lowest BCUT2D eigenvalue weighted by atomic mass is 9.68. The van der Waals surface area contributed by atoms with Crippen LogP contribution in [0, 0.1) is 0 Å². The minimum absolute atomic E-state index is 0.104. The number of rotatable bonds is 2. The third kappa shape index (κ3) is 2.93. The smallest absolute Gasteiger partial charge is 0.136 e. The fraction of sp³-hybridized carbons (Fsp3) is 0.0732. The number of furan rings is 1. The number of hydrogen-bond donors (Lipinski definition) is 1. The van der Waals surface area contributed by atoms with E-state index in [9.17, 15) is 0 Å². The standard InChI is InChI=1S/C41H27NO/c1-2-11-27-25(10-1)20-22-38-39(27)31-24-26(21-23-37(31)43-38)42-36-19-9-18-35-40(36)30-14-5-8-17-34(30)41(35)32-15-6-3-12-28(32)29-13-4-7-16-33(29)41/h1-24,36,40,42H. The SMILES string of the molecule is C1=CC(Nc2ccc3oc4ccc5ccccc5c4c3c2)C2C(=C1)C1(c3ccccc3-c3ccccc31)c1ccccc12. The molecule has 2 unspecified atom stereocenters. The summed E-state index contributed by atoms with van der Waals surface area (Å²) in [6.45, 7) is 0. The summed E-state index contributed by atoms with van der Waals surface area (Å²) in [6, 6.07) is 46.6. The molecular weight excluding hydrogens is 522 g/mol. The number of anilines is 1. The second-order valence-electron chi connectivity index (χ2n) is 12.1. The molecule has 202 valence electrons. The highest BCUT2D eigenvalue weighted by molar-refractivity contribution is 6.19. The molecule has 3 aliphatic rings. The van der Waals surface area contributed by atoms with Gasteiger partial charge in [-0.2, -0.15) is 0 Å². The lowest BCUT2D eigenvalue weighted by Crippen LogP contribution is -2.32. The number of nitrogens with one attached hydrogen (secondary N) is 1. The topological polar surface area (TPSA) is 25.2 Å². The zero-order valence-electron chi connectivity index (χ0n) is 23.4. The second kappa shape index (κ2) is 8.36. The van der Waals surface area contributed by atoms with Crippen molar-refractivity contribution in [2.45, 2.75) is 17.4 Å². The van der Waals surface area contributed by atoms with E-state index >= 15 is 0 Å². The van der Waals surface area contributed by atoms with Crippen molar-refractivity contribution in [3.05, 3.63) is 173 Å². The van der Waals surface area contributed by atoms with E-state index in [1.807, 2.05) is 0 Å². The van der Waals surface area contributed by atoms with Crippen molar-refractivity contribution in [2.24, 2.45) is 0 Å². The van der Waals surface area contributed by atoms with E-state index in [1.165, 1.54) is 55.1 Å². The van der Waals surface area contributed by atoms with E-state index in [1.54, 1.807) is 0 Å². The van der Waals surface area contributed by atoms with Crippen LogP contribution >= 0.6 is 0 Å². The number of allylic oxidation sites excluding steroid dienone is 2. The molecule has 2 atom stereocenters. The molecule has 2 heteroatoms. The van der Waals surface area contributed by atoms with Crippen LogP contribution in [0.2, 0.25) is 0 Å². The molecule has 7 aromatic rings. The van der Waals surface area contributed by atoms with Crippen LogP contribution in [0.1, 0.15) is 28.2 Å². The highest BCUT2D eigenvalue weighted by Gasteiger charge is 2.56. The molecule has 0 fully saturated rings. The Bertz CT molecular complexity index is 2310. The van der Waals surface area contributed by atoms with Crippen LogP contribution in [0.4, 0.5) is 5.69 Å². The van der Waals surface area contributed by atoms with Crippen molar-refractivity contribution < 1.29 is 4.42 Å². The Morgan fingerprint density at radius 1 is 0.605 bits per heavy atom. The van der Waals surface area contributed by atoms with E-state index in [-0.39, 0.29) is 17.4 Å². The van der Waals surface area contributed by atoms with Gasteiger partial charge in [0.2, 0.25) is 0 Å². The van der Waals surface area contributed by atoms with E-state index < -0.39 is 0 Å². The minimum atomic E-state index is -0.289. The first-order chi connectivity index (χ1) is 21.3. The predicted octanol–water partition coefficient (Wildman–Crippen LogP) is 10.1. The van der Waals surface area contributed by atoms with Gasteiger partial charge >= 0.3 is 0 Å². The molecule has 10 rings (SSSR count). The minimum Gasteiger partial charge on any atom is -0.456 e. The second-order valence-corrected chi connectivity index (χ2v) is 12.1. The lowest BCUT2D eigenvalue weighted by molar-refractivity contribution is 0.667. The molecule has 0 saturated heterocycles. The number of fused-ring (bicyclic) bond motifs is 15. The number of hydrogen-bond acceptors (Lipinski definition) is 2. The molecular formula is C41H27NO. The van der Waals surface area contributed by atoms with Crippen molar-refractivity contribution in [2.75, 3.05) is 5.32 Å². The maximum Gasteiger partial charge on any atom is 0.136 e. The van der Waals surface area contributed by atoms with Gasteiger partial charge in [0, 0.05) is 22.4 Å². The molecule has 0 aliphatic heterocycles. The normalized spacial score (nSPS) is 18.9. The first-order valence-corrected chi connectivity index (χ1v) is 15.1. The zero-order valence-corrected chi connectivity index (χ0v) is 23.4. The molecule has 1 spiro atoms. The van der Waals surface area contributed by atoms with Crippen LogP contribution < -0.4 is 5.32 Å². The van der Waals surface area contributed by atoms with Crippen LogP contribution in [0.3, 0.4) is 0 Å². The van der Waals surface area contributed by atoms with Crippen LogP contribution in [0.25, 0.3) is 43.8 Å². The molecule has 6 aromatic carbocycles. The Morgan fingerprint density at radius 3 is 2.14 bits per heavy atom. The van der Waals surface area contributed by atoms with E-state index in [4.69, 9.17) is 4.42 Å². The van der Waals surface area contributed by atoms with Crippen LogP contribution in [-0.4, -0.2) is 6.04 Å². The zero-order chi connectivity index (χ0) is 28.1. The van der Waals surface area contributed by atoms with Gasteiger partial charge < -0.3 is 9.73 Å². The quantitative estimate of drug-likeness (QED) is 0.232. The first kappa shape index (κ1) is 23.2. The van der Waals surface area contributed by atoms with Gasteiger partial charge in [-0.1, -0.05) is 121 Å².